The highest BCUT2D eigenvalue weighted by atomic mass is 16.5. The summed E-state index contributed by atoms with van der Waals surface area (Å²) in [6.45, 7) is 3.01. The minimum Gasteiger partial charge on any atom is -0.466 e. The fourth-order valence-electron chi connectivity index (χ4n) is 2.98. The van der Waals surface area contributed by atoms with E-state index >= 15 is 0 Å². The van der Waals surface area contributed by atoms with Crippen LogP contribution in [0.3, 0.4) is 0 Å². The van der Waals surface area contributed by atoms with E-state index in [4.69, 9.17) is 4.74 Å². The van der Waals surface area contributed by atoms with E-state index in [0.717, 1.165) is 0 Å². The van der Waals surface area contributed by atoms with E-state index in [2.05, 4.69) is 10.6 Å². The summed E-state index contributed by atoms with van der Waals surface area (Å²) in [5.74, 6) is -0.988. The maximum Gasteiger partial charge on any atom is 0.306 e. The van der Waals surface area contributed by atoms with Gasteiger partial charge in [-0.15, -0.1) is 0 Å². The van der Waals surface area contributed by atoms with Crippen LogP contribution in [0, 0.1) is 0 Å². The number of rotatable bonds is 8. The molecule has 0 atom stereocenters. The van der Waals surface area contributed by atoms with Crippen molar-refractivity contribution in [3.63, 3.8) is 0 Å². The van der Waals surface area contributed by atoms with E-state index in [9.17, 15) is 19.2 Å². The van der Waals surface area contributed by atoms with Gasteiger partial charge in [-0.3, -0.25) is 19.2 Å². The minimum atomic E-state index is -0.379. The number of benzene rings is 1. The summed E-state index contributed by atoms with van der Waals surface area (Å²) >= 11 is 0. The second kappa shape index (κ2) is 11.1. The maximum absolute atomic E-state index is 12.3. The van der Waals surface area contributed by atoms with Gasteiger partial charge in [0.25, 0.3) is 5.91 Å². The number of amides is 3. The molecule has 0 saturated carbocycles. The molecule has 1 aliphatic rings. The Morgan fingerprint density at radius 1 is 1.07 bits per heavy atom. The highest BCUT2D eigenvalue weighted by Gasteiger charge is 2.24. The van der Waals surface area contributed by atoms with Crippen molar-refractivity contribution in [3.8, 4) is 0 Å². The number of ether oxygens (including phenoxy) is 1. The molecule has 3 amide bonds. The van der Waals surface area contributed by atoms with Crippen LogP contribution in [-0.4, -0.2) is 60.9 Å². The van der Waals surface area contributed by atoms with Crippen molar-refractivity contribution in [2.45, 2.75) is 38.6 Å². The van der Waals surface area contributed by atoms with Crippen LogP contribution >= 0.6 is 0 Å². The maximum atomic E-state index is 12.3. The fraction of sp³-hybridized carbons (Fsp3) is 0.500. The molecular formula is C20H27N3O5. The van der Waals surface area contributed by atoms with Gasteiger partial charge < -0.3 is 20.3 Å². The molecule has 1 fully saturated rings. The molecule has 0 spiro atoms. The van der Waals surface area contributed by atoms with E-state index in [1.165, 1.54) is 0 Å². The first-order valence-corrected chi connectivity index (χ1v) is 9.55. The number of carbonyl (C=O) groups is 4. The molecule has 2 N–H and O–H groups in total. The molecular weight excluding hydrogens is 362 g/mol. The van der Waals surface area contributed by atoms with Crippen molar-refractivity contribution < 1.29 is 23.9 Å². The Kier molecular flexibility index (Phi) is 8.45. The first-order valence-electron chi connectivity index (χ1n) is 9.55. The van der Waals surface area contributed by atoms with Gasteiger partial charge in [-0.2, -0.15) is 0 Å². The minimum absolute atomic E-state index is 0.0161. The topological polar surface area (TPSA) is 105 Å². The highest BCUT2D eigenvalue weighted by Crippen LogP contribution is 2.11. The van der Waals surface area contributed by atoms with Crippen LogP contribution in [0.2, 0.25) is 0 Å². The Hall–Kier alpha value is -2.90. The van der Waals surface area contributed by atoms with E-state index in [1.54, 1.807) is 36.1 Å². The summed E-state index contributed by atoms with van der Waals surface area (Å²) in [4.78, 5) is 49.1. The first-order chi connectivity index (χ1) is 13.5. The zero-order valence-corrected chi connectivity index (χ0v) is 16.1. The third-order valence-electron chi connectivity index (χ3n) is 4.51. The van der Waals surface area contributed by atoms with E-state index < -0.39 is 0 Å². The number of nitrogens with zero attached hydrogens (tertiary/aromatic N) is 1. The van der Waals surface area contributed by atoms with Crippen molar-refractivity contribution in [2.24, 2.45) is 0 Å². The van der Waals surface area contributed by atoms with Gasteiger partial charge in [0.2, 0.25) is 11.8 Å². The number of carbonyl (C=O) groups excluding carboxylic acids is 4. The molecule has 1 saturated heterocycles. The monoisotopic (exact) mass is 389 g/mol. The van der Waals surface area contributed by atoms with E-state index in [-0.39, 0.29) is 49.1 Å². The van der Waals surface area contributed by atoms with Crippen LogP contribution in [0.15, 0.2) is 30.3 Å². The molecule has 1 heterocycles. The molecule has 0 radical (unpaired) electrons. The summed E-state index contributed by atoms with van der Waals surface area (Å²) in [5, 5.41) is 5.53. The van der Waals surface area contributed by atoms with Crippen molar-refractivity contribution in [2.75, 3.05) is 26.2 Å². The summed E-state index contributed by atoms with van der Waals surface area (Å²) in [7, 11) is 0. The largest absolute Gasteiger partial charge is 0.466 e. The average molecular weight is 389 g/mol. The van der Waals surface area contributed by atoms with Gasteiger partial charge in [0.05, 0.1) is 19.6 Å². The number of likely N-dealkylation sites (tertiary alicyclic amines) is 1. The van der Waals surface area contributed by atoms with Crippen molar-refractivity contribution in [1.82, 2.24) is 15.5 Å². The van der Waals surface area contributed by atoms with Gasteiger partial charge in [-0.1, -0.05) is 18.2 Å². The fourth-order valence-corrected chi connectivity index (χ4v) is 2.98. The van der Waals surface area contributed by atoms with Crippen LogP contribution < -0.4 is 10.6 Å². The summed E-state index contributed by atoms with van der Waals surface area (Å²) < 4.78 is 4.80. The molecule has 1 aromatic rings. The molecule has 28 heavy (non-hydrogen) atoms. The Morgan fingerprint density at radius 2 is 1.75 bits per heavy atom. The van der Waals surface area contributed by atoms with Gasteiger partial charge in [-0.05, 0) is 31.9 Å². The lowest BCUT2D eigenvalue weighted by Crippen LogP contribution is -2.49. The molecule has 1 aliphatic heterocycles. The van der Waals surface area contributed by atoms with E-state index in [1.807, 2.05) is 6.07 Å². The molecule has 0 aromatic heterocycles. The molecule has 0 unspecified atom stereocenters. The van der Waals surface area contributed by atoms with E-state index in [0.29, 0.717) is 38.1 Å². The number of piperidine rings is 1. The van der Waals surface area contributed by atoms with Gasteiger partial charge in [0.1, 0.15) is 0 Å². The number of hydrogen-bond acceptors (Lipinski definition) is 5. The Bertz CT molecular complexity index is 684. The SMILES string of the molecule is CCOC(=O)CCC(=O)NC1CCN(C(=O)CNC(=O)c2ccccc2)CC1. The van der Waals surface area contributed by atoms with Crippen LogP contribution in [0.4, 0.5) is 0 Å². The Morgan fingerprint density at radius 3 is 2.39 bits per heavy atom. The third-order valence-corrected chi connectivity index (χ3v) is 4.51. The highest BCUT2D eigenvalue weighted by molar-refractivity contribution is 5.96. The molecule has 1 aromatic carbocycles. The number of hydrogen-bond donors (Lipinski definition) is 2. The molecule has 0 aliphatic carbocycles. The predicted molar refractivity (Wildman–Crippen MR) is 102 cm³/mol. The standard InChI is InChI=1S/C20H27N3O5/c1-2-28-19(26)9-8-17(24)22-16-10-12-23(13-11-16)18(25)14-21-20(27)15-6-4-3-5-7-15/h3-7,16H,2,8-14H2,1H3,(H,21,27)(H,22,24). The number of nitrogens with one attached hydrogen (secondary N) is 2. The van der Waals surface area contributed by atoms with Gasteiger partial charge in [-0.25, -0.2) is 0 Å². The van der Waals surface area contributed by atoms with Crippen LogP contribution in [0.25, 0.3) is 0 Å². The lowest BCUT2D eigenvalue weighted by atomic mass is 10.0. The smallest absolute Gasteiger partial charge is 0.306 e. The normalized spacial score (nSPS) is 14.2. The third kappa shape index (κ3) is 7.02. The predicted octanol–water partition coefficient (Wildman–Crippen LogP) is 0.867. The summed E-state index contributed by atoms with van der Waals surface area (Å²) in [5.41, 5.74) is 0.513. The van der Waals surface area contributed by atoms with Crippen molar-refractivity contribution >= 4 is 23.7 Å². The van der Waals surface area contributed by atoms with Crippen LogP contribution in [-0.2, 0) is 19.1 Å². The second-order valence-corrected chi connectivity index (χ2v) is 6.58. The average Bonchev–Trinajstić information content (AvgIpc) is 2.71. The van der Waals surface area contributed by atoms with Gasteiger partial charge in [0, 0.05) is 31.1 Å². The molecule has 0 bridgehead atoms. The van der Waals surface area contributed by atoms with Crippen LogP contribution in [0.1, 0.15) is 43.0 Å². The first kappa shape index (κ1) is 21.4. The van der Waals surface area contributed by atoms with Gasteiger partial charge >= 0.3 is 5.97 Å². The number of esters is 1. The lowest BCUT2D eigenvalue weighted by Gasteiger charge is -2.32. The summed E-state index contributed by atoms with van der Waals surface area (Å²) in [6, 6.07) is 8.72. The quantitative estimate of drug-likeness (QED) is 0.642. The van der Waals surface area contributed by atoms with Crippen molar-refractivity contribution in [3.05, 3.63) is 35.9 Å². The lowest BCUT2D eigenvalue weighted by molar-refractivity contribution is -0.144. The summed E-state index contributed by atoms with van der Waals surface area (Å²) in [6.07, 6.45) is 1.45. The molecule has 152 valence electrons. The molecule has 2 rings (SSSR count). The Balaban J connectivity index is 1.65. The van der Waals surface area contributed by atoms with Crippen molar-refractivity contribution in [1.29, 1.82) is 0 Å². The van der Waals surface area contributed by atoms with Crippen LogP contribution in [0.5, 0.6) is 0 Å². The zero-order valence-electron chi connectivity index (χ0n) is 16.1. The second-order valence-electron chi connectivity index (χ2n) is 6.58. The van der Waals surface area contributed by atoms with Gasteiger partial charge in [0.15, 0.2) is 0 Å². The zero-order chi connectivity index (χ0) is 20.4. The molecule has 8 nitrogen and oxygen atoms in total. The molecule has 8 heteroatoms. The Labute approximate surface area is 164 Å².